The fraction of sp³-hybridized carbons (Fsp3) is 0.130. The molecule has 0 radical (unpaired) electrons. The average molecular weight is 369 g/mol. The van der Waals surface area contributed by atoms with Crippen LogP contribution in [-0.2, 0) is 6.42 Å². The Balaban J connectivity index is 1.78. The van der Waals surface area contributed by atoms with E-state index in [4.69, 9.17) is 11.6 Å². The van der Waals surface area contributed by atoms with E-state index in [0.29, 0.717) is 17.0 Å². The van der Waals surface area contributed by atoms with Crippen LogP contribution in [0.1, 0.15) is 35.1 Å². The fourth-order valence-corrected chi connectivity index (χ4v) is 3.01. The molecule has 0 fully saturated rings. The van der Waals surface area contributed by atoms with E-state index in [1.807, 2.05) is 49.4 Å². The maximum atomic E-state index is 14.5. The molecular formula is C23H19ClF2. The van der Waals surface area contributed by atoms with Crippen LogP contribution in [0.25, 0.3) is 12.2 Å². The number of halogens is 3. The van der Waals surface area contributed by atoms with E-state index in [0.717, 1.165) is 11.1 Å². The van der Waals surface area contributed by atoms with Crippen LogP contribution in [0.4, 0.5) is 8.78 Å². The van der Waals surface area contributed by atoms with Crippen LogP contribution in [0.15, 0.2) is 66.7 Å². The molecular weight excluding hydrogens is 350 g/mol. The van der Waals surface area contributed by atoms with Crippen molar-refractivity contribution in [1.29, 1.82) is 0 Å². The lowest BCUT2D eigenvalue weighted by Crippen LogP contribution is -2.04. The summed E-state index contributed by atoms with van der Waals surface area (Å²) in [6.07, 6.45) is 3.82. The van der Waals surface area contributed by atoms with Crippen molar-refractivity contribution in [2.45, 2.75) is 19.3 Å². The van der Waals surface area contributed by atoms with Gasteiger partial charge in [0, 0.05) is 10.6 Å². The van der Waals surface area contributed by atoms with Crippen molar-refractivity contribution in [1.82, 2.24) is 0 Å². The molecule has 0 saturated heterocycles. The Labute approximate surface area is 157 Å². The van der Waals surface area contributed by atoms with Crippen LogP contribution >= 0.6 is 11.6 Å². The average Bonchev–Trinajstić information content (AvgIpc) is 2.65. The zero-order chi connectivity index (χ0) is 18.5. The molecule has 0 aliphatic heterocycles. The summed E-state index contributed by atoms with van der Waals surface area (Å²) in [4.78, 5) is 0. The molecule has 0 N–H and O–H groups in total. The van der Waals surface area contributed by atoms with E-state index in [1.165, 1.54) is 12.1 Å². The second-order valence-corrected chi connectivity index (χ2v) is 6.80. The molecule has 0 spiro atoms. The minimum absolute atomic E-state index is 0.0376. The molecule has 0 amide bonds. The lowest BCUT2D eigenvalue weighted by atomic mass is 9.92. The molecule has 3 rings (SSSR count). The van der Waals surface area contributed by atoms with Gasteiger partial charge in [0.2, 0.25) is 0 Å². The summed E-state index contributed by atoms with van der Waals surface area (Å²) < 4.78 is 28.9. The van der Waals surface area contributed by atoms with Crippen LogP contribution in [-0.4, -0.2) is 0 Å². The van der Waals surface area contributed by atoms with Gasteiger partial charge in [0.15, 0.2) is 0 Å². The number of benzene rings is 3. The van der Waals surface area contributed by atoms with Crippen molar-refractivity contribution < 1.29 is 8.78 Å². The normalized spacial score (nSPS) is 12.5. The third kappa shape index (κ3) is 4.59. The van der Waals surface area contributed by atoms with Crippen LogP contribution in [0.3, 0.4) is 0 Å². The zero-order valence-electron chi connectivity index (χ0n) is 14.4. The number of hydrogen-bond acceptors (Lipinski definition) is 0. The van der Waals surface area contributed by atoms with Crippen LogP contribution in [0.2, 0.25) is 5.02 Å². The summed E-state index contributed by atoms with van der Waals surface area (Å²) in [6, 6.07) is 19.7. The van der Waals surface area contributed by atoms with Gasteiger partial charge in [-0.25, -0.2) is 8.78 Å². The minimum atomic E-state index is -0.511. The molecule has 0 aliphatic rings. The van der Waals surface area contributed by atoms with Crippen molar-refractivity contribution in [2.75, 3.05) is 0 Å². The second-order valence-electron chi connectivity index (χ2n) is 6.36. The Bertz CT molecular complexity index is 876. The molecule has 0 saturated carbocycles. The van der Waals surface area contributed by atoms with Gasteiger partial charge in [-0.05, 0) is 53.3 Å². The predicted octanol–water partition coefficient (Wildman–Crippen LogP) is 7.13. The first-order valence-electron chi connectivity index (χ1n) is 8.49. The maximum Gasteiger partial charge on any atom is 0.129 e. The van der Waals surface area contributed by atoms with Gasteiger partial charge in [-0.1, -0.05) is 73.1 Å². The molecule has 0 heterocycles. The highest BCUT2D eigenvalue weighted by Crippen LogP contribution is 2.25. The topological polar surface area (TPSA) is 0 Å². The monoisotopic (exact) mass is 368 g/mol. The fourth-order valence-electron chi connectivity index (χ4n) is 2.89. The van der Waals surface area contributed by atoms with Gasteiger partial charge < -0.3 is 0 Å². The molecule has 0 bridgehead atoms. The van der Waals surface area contributed by atoms with Gasteiger partial charge in [-0.2, -0.15) is 0 Å². The van der Waals surface area contributed by atoms with Crippen LogP contribution in [0.5, 0.6) is 0 Å². The van der Waals surface area contributed by atoms with E-state index < -0.39 is 11.6 Å². The van der Waals surface area contributed by atoms with Crippen molar-refractivity contribution in [3.8, 4) is 0 Å². The molecule has 3 aromatic rings. The van der Waals surface area contributed by atoms with Gasteiger partial charge >= 0.3 is 0 Å². The van der Waals surface area contributed by atoms with Gasteiger partial charge in [-0.3, -0.25) is 0 Å². The van der Waals surface area contributed by atoms with Crippen molar-refractivity contribution in [3.63, 3.8) is 0 Å². The predicted molar refractivity (Wildman–Crippen MR) is 105 cm³/mol. The Morgan fingerprint density at radius 1 is 0.846 bits per heavy atom. The van der Waals surface area contributed by atoms with Crippen molar-refractivity contribution >= 4 is 23.8 Å². The molecule has 0 nitrogen and oxygen atoms in total. The molecule has 1 atom stereocenters. The highest BCUT2D eigenvalue weighted by Gasteiger charge is 2.15. The van der Waals surface area contributed by atoms with Crippen LogP contribution < -0.4 is 0 Å². The van der Waals surface area contributed by atoms with Gasteiger partial charge in [0.25, 0.3) is 0 Å². The first kappa shape index (κ1) is 18.3. The Kier molecular flexibility index (Phi) is 5.85. The second kappa shape index (κ2) is 8.29. The van der Waals surface area contributed by atoms with Crippen molar-refractivity contribution in [3.05, 3.63) is 106 Å². The summed E-state index contributed by atoms with van der Waals surface area (Å²) in [5.41, 5.74) is 2.60. The molecule has 132 valence electrons. The van der Waals surface area contributed by atoms with Gasteiger partial charge in [0.1, 0.15) is 11.6 Å². The molecule has 0 aliphatic carbocycles. The number of hydrogen-bond donors (Lipinski definition) is 0. The summed E-state index contributed by atoms with van der Waals surface area (Å²) >= 11 is 5.85. The van der Waals surface area contributed by atoms with Crippen LogP contribution in [0, 0.1) is 11.6 Å². The van der Waals surface area contributed by atoms with E-state index in [2.05, 4.69) is 0 Å². The number of rotatable bonds is 5. The third-order valence-electron chi connectivity index (χ3n) is 4.38. The highest BCUT2D eigenvalue weighted by atomic mass is 35.5. The molecule has 3 heteroatoms. The van der Waals surface area contributed by atoms with E-state index >= 15 is 0 Å². The Morgan fingerprint density at radius 3 is 2.04 bits per heavy atom. The zero-order valence-corrected chi connectivity index (χ0v) is 15.2. The van der Waals surface area contributed by atoms with Gasteiger partial charge in [-0.15, -0.1) is 0 Å². The van der Waals surface area contributed by atoms with E-state index in [1.54, 1.807) is 24.3 Å². The lowest BCUT2D eigenvalue weighted by molar-refractivity contribution is 0.543. The van der Waals surface area contributed by atoms with E-state index in [9.17, 15) is 8.78 Å². The molecule has 26 heavy (non-hydrogen) atoms. The quantitative estimate of drug-likeness (QED) is 0.420. The molecule has 3 aromatic carbocycles. The summed E-state index contributed by atoms with van der Waals surface area (Å²) in [5, 5.41) is 0.649. The van der Waals surface area contributed by atoms with E-state index in [-0.39, 0.29) is 11.5 Å². The SMILES string of the molecule is C[C@@H](Cc1c(F)cc(C=Cc2ccc(Cl)cc2)cc1F)c1ccccc1. The summed E-state index contributed by atoms with van der Waals surface area (Å²) in [6.45, 7) is 1.97. The highest BCUT2D eigenvalue weighted by molar-refractivity contribution is 6.30. The maximum absolute atomic E-state index is 14.5. The first-order chi connectivity index (χ1) is 12.5. The summed E-state index contributed by atoms with van der Waals surface area (Å²) in [7, 11) is 0. The van der Waals surface area contributed by atoms with Crippen molar-refractivity contribution in [2.24, 2.45) is 0 Å². The summed E-state index contributed by atoms with van der Waals surface area (Å²) in [5.74, 6) is -0.984. The third-order valence-corrected chi connectivity index (χ3v) is 4.63. The molecule has 0 aromatic heterocycles. The smallest absolute Gasteiger partial charge is 0.129 e. The Hall–Kier alpha value is -2.45. The lowest BCUT2D eigenvalue weighted by Gasteiger charge is -2.13. The Morgan fingerprint density at radius 2 is 1.42 bits per heavy atom. The minimum Gasteiger partial charge on any atom is -0.207 e. The molecule has 0 unspecified atom stereocenters. The van der Waals surface area contributed by atoms with Gasteiger partial charge in [0.05, 0.1) is 0 Å². The first-order valence-corrected chi connectivity index (χ1v) is 8.87. The standard InChI is InChI=1S/C23H19ClF2/c1-16(19-5-3-2-4-6-19)13-21-22(25)14-18(15-23(21)26)8-7-17-9-11-20(24)12-10-17/h2-12,14-16H,13H2,1H3/t16-/m0/s1. The largest absolute Gasteiger partial charge is 0.207 e.